The number of carbonyl (C=O) groups is 1. The van der Waals surface area contributed by atoms with Crippen molar-refractivity contribution in [3.63, 3.8) is 0 Å². The molecule has 100 valence electrons. The Balaban J connectivity index is 2.19. The summed E-state index contributed by atoms with van der Waals surface area (Å²) in [7, 11) is 2.09. The first kappa shape index (κ1) is 14.3. The molecule has 1 saturated heterocycles. The van der Waals surface area contributed by atoms with Crippen LogP contribution >= 0.6 is 0 Å². The van der Waals surface area contributed by atoms with Crippen LogP contribution in [0.4, 0.5) is 4.79 Å². The summed E-state index contributed by atoms with van der Waals surface area (Å²) in [5.41, 5.74) is 0. The first-order chi connectivity index (χ1) is 8.11. The van der Waals surface area contributed by atoms with Gasteiger partial charge in [0.15, 0.2) is 0 Å². The Morgan fingerprint density at radius 2 is 1.82 bits per heavy atom. The third kappa shape index (κ3) is 5.39. The molecule has 1 fully saturated rings. The fourth-order valence-corrected chi connectivity index (χ4v) is 1.98. The van der Waals surface area contributed by atoms with Gasteiger partial charge in [-0.2, -0.15) is 0 Å². The molecule has 0 radical (unpaired) electrons. The topological polar surface area (TPSA) is 35.6 Å². The number of urea groups is 1. The zero-order valence-electron chi connectivity index (χ0n) is 11.5. The number of amides is 2. The van der Waals surface area contributed by atoms with Crippen molar-refractivity contribution in [3.05, 3.63) is 0 Å². The Kier molecular flexibility index (Phi) is 6.34. The predicted octanol–water partition coefficient (Wildman–Crippen LogP) is 1.91. The molecule has 0 bridgehead atoms. The smallest absolute Gasteiger partial charge is 0.317 e. The number of carbonyl (C=O) groups excluding carboxylic acids is 1. The highest BCUT2D eigenvalue weighted by atomic mass is 16.2. The molecule has 17 heavy (non-hydrogen) atoms. The van der Waals surface area contributed by atoms with E-state index in [4.69, 9.17) is 0 Å². The summed E-state index contributed by atoms with van der Waals surface area (Å²) in [6.45, 7) is 7.83. The highest BCUT2D eigenvalue weighted by Crippen LogP contribution is 2.09. The number of hydrogen-bond donors (Lipinski definition) is 1. The average molecular weight is 241 g/mol. The number of nitrogens with zero attached hydrogens (tertiary/aromatic N) is 2. The van der Waals surface area contributed by atoms with Crippen molar-refractivity contribution in [3.8, 4) is 0 Å². The zero-order chi connectivity index (χ0) is 12.7. The minimum Gasteiger partial charge on any atom is -0.337 e. The van der Waals surface area contributed by atoms with Gasteiger partial charge in [-0.1, -0.05) is 12.8 Å². The highest BCUT2D eigenvalue weighted by Gasteiger charge is 2.14. The van der Waals surface area contributed by atoms with Crippen molar-refractivity contribution in [1.82, 2.24) is 15.1 Å². The summed E-state index contributed by atoms with van der Waals surface area (Å²) in [5.74, 6) is 0. The maximum Gasteiger partial charge on any atom is 0.317 e. The molecule has 1 aliphatic heterocycles. The minimum atomic E-state index is 0.115. The molecule has 1 aliphatic rings. The Morgan fingerprint density at radius 1 is 1.24 bits per heavy atom. The van der Waals surface area contributed by atoms with Crippen LogP contribution in [-0.4, -0.2) is 55.1 Å². The first-order valence-corrected chi connectivity index (χ1v) is 6.84. The van der Waals surface area contributed by atoms with Gasteiger partial charge < -0.3 is 15.1 Å². The quantitative estimate of drug-likeness (QED) is 0.816. The molecular formula is C13H27N3O. The van der Waals surface area contributed by atoms with Crippen LogP contribution in [0.5, 0.6) is 0 Å². The van der Waals surface area contributed by atoms with Crippen LogP contribution in [0.25, 0.3) is 0 Å². The molecule has 0 aromatic rings. The van der Waals surface area contributed by atoms with E-state index in [9.17, 15) is 4.79 Å². The normalized spacial score (nSPS) is 17.4. The van der Waals surface area contributed by atoms with Crippen LogP contribution in [0.1, 0.15) is 39.5 Å². The second kappa shape index (κ2) is 7.54. The monoisotopic (exact) mass is 241 g/mol. The van der Waals surface area contributed by atoms with Gasteiger partial charge in [0.05, 0.1) is 0 Å². The van der Waals surface area contributed by atoms with Gasteiger partial charge in [-0.15, -0.1) is 0 Å². The maximum absolute atomic E-state index is 11.9. The van der Waals surface area contributed by atoms with E-state index in [-0.39, 0.29) is 6.03 Å². The first-order valence-electron chi connectivity index (χ1n) is 6.84. The van der Waals surface area contributed by atoms with Crippen LogP contribution in [0.3, 0.4) is 0 Å². The Labute approximate surface area is 105 Å². The molecule has 1 heterocycles. The van der Waals surface area contributed by atoms with Gasteiger partial charge in [0.25, 0.3) is 0 Å². The molecule has 0 aromatic carbocycles. The van der Waals surface area contributed by atoms with E-state index in [0.29, 0.717) is 6.04 Å². The summed E-state index contributed by atoms with van der Waals surface area (Å²) in [6, 6.07) is 0.647. The lowest BCUT2D eigenvalue weighted by molar-refractivity contribution is 0.196. The molecule has 0 aromatic heterocycles. The number of rotatable bonds is 4. The second-order valence-electron chi connectivity index (χ2n) is 5.21. The van der Waals surface area contributed by atoms with Gasteiger partial charge in [-0.05, 0) is 33.7 Å². The molecule has 0 aliphatic carbocycles. The highest BCUT2D eigenvalue weighted by molar-refractivity contribution is 5.74. The molecule has 1 N–H and O–H groups in total. The van der Waals surface area contributed by atoms with Crippen molar-refractivity contribution < 1.29 is 4.79 Å². The lowest BCUT2D eigenvalue weighted by atomic mass is 10.2. The van der Waals surface area contributed by atoms with Gasteiger partial charge >= 0.3 is 6.03 Å². The Hall–Kier alpha value is -0.770. The third-order valence-electron chi connectivity index (χ3n) is 3.52. The van der Waals surface area contributed by atoms with Crippen LogP contribution in [0.15, 0.2) is 0 Å². The van der Waals surface area contributed by atoms with Crippen molar-refractivity contribution in [2.75, 3.05) is 33.2 Å². The summed E-state index contributed by atoms with van der Waals surface area (Å²) in [4.78, 5) is 16.1. The largest absolute Gasteiger partial charge is 0.337 e. The fraction of sp³-hybridized carbons (Fsp3) is 0.923. The average Bonchev–Trinajstić information content (AvgIpc) is 2.57. The van der Waals surface area contributed by atoms with Gasteiger partial charge in [-0.3, -0.25) is 0 Å². The second-order valence-corrected chi connectivity index (χ2v) is 5.21. The van der Waals surface area contributed by atoms with E-state index < -0.39 is 0 Å². The van der Waals surface area contributed by atoms with Crippen LogP contribution in [-0.2, 0) is 0 Å². The van der Waals surface area contributed by atoms with Gasteiger partial charge in [0, 0.05) is 32.2 Å². The number of likely N-dealkylation sites (N-methyl/N-ethyl adjacent to an activating group) is 1. The van der Waals surface area contributed by atoms with Gasteiger partial charge in [0.1, 0.15) is 0 Å². The van der Waals surface area contributed by atoms with E-state index in [1.165, 1.54) is 12.8 Å². The SMILES string of the molecule is CC(C)N(C)CCNC(=O)N1CCCCCC1. The minimum absolute atomic E-state index is 0.115. The number of hydrogen-bond acceptors (Lipinski definition) is 2. The lowest BCUT2D eigenvalue weighted by Gasteiger charge is -2.24. The summed E-state index contributed by atoms with van der Waals surface area (Å²) < 4.78 is 0. The standard InChI is InChI=1S/C13H27N3O/c1-12(2)15(3)11-8-14-13(17)16-9-6-4-5-7-10-16/h12H,4-11H2,1-3H3,(H,14,17). The van der Waals surface area contributed by atoms with E-state index in [2.05, 4.69) is 31.1 Å². The summed E-state index contributed by atoms with van der Waals surface area (Å²) >= 11 is 0. The van der Waals surface area contributed by atoms with E-state index in [1.807, 2.05) is 4.90 Å². The van der Waals surface area contributed by atoms with Gasteiger partial charge in [-0.25, -0.2) is 4.79 Å². The molecule has 2 amide bonds. The van der Waals surface area contributed by atoms with Crippen LogP contribution < -0.4 is 5.32 Å². The van der Waals surface area contributed by atoms with Crippen molar-refractivity contribution >= 4 is 6.03 Å². The van der Waals surface area contributed by atoms with E-state index >= 15 is 0 Å². The number of nitrogens with one attached hydrogen (secondary N) is 1. The molecule has 4 heteroatoms. The van der Waals surface area contributed by atoms with Crippen LogP contribution in [0, 0.1) is 0 Å². The third-order valence-corrected chi connectivity index (χ3v) is 3.52. The molecule has 0 atom stereocenters. The molecule has 0 saturated carbocycles. The molecule has 0 unspecified atom stereocenters. The van der Waals surface area contributed by atoms with E-state index in [0.717, 1.165) is 39.0 Å². The van der Waals surface area contributed by atoms with Crippen molar-refractivity contribution in [2.45, 2.75) is 45.6 Å². The zero-order valence-corrected chi connectivity index (χ0v) is 11.5. The molecule has 4 nitrogen and oxygen atoms in total. The Morgan fingerprint density at radius 3 is 2.35 bits per heavy atom. The summed E-state index contributed by atoms with van der Waals surface area (Å²) in [6.07, 6.45) is 4.83. The van der Waals surface area contributed by atoms with Crippen molar-refractivity contribution in [1.29, 1.82) is 0 Å². The molecule has 1 rings (SSSR count). The van der Waals surface area contributed by atoms with Crippen molar-refractivity contribution in [2.24, 2.45) is 0 Å². The lowest BCUT2D eigenvalue weighted by Crippen LogP contribution is -2.43. The number of likely N-dealkylation sites (tertiary alicyclic amines) is 1. The summed E-state index contributed by atoms with van der Waals surface area (Å²) in [5, 5.41) is 3.01. The maximum atomic E-state index is 11.9. The molecule has 0 spiro atoms. The molecular weight excluding hydrogens is 214 g/mol. The van der Waals surface area contributed by atoms with Gasteiger partial charge in [0.2, 0.25) is 0 Å². The predicted molar refractivity (Wildman–Crippen MR) is 71.2 cm³/mol. The fourth-order valence-electron chi connectivity index (χ4n) is 1.98. The van der Waals surface area contributed by atoms with E-state index in [1.54, 1.807) is 0 Å². The van der Waals surface area contributed by atoms with Crippen LogP contribution in [0.2, 0.25) is 0 Å². The Bertz CT molecular complexity index is 223.